The second kappa shape index (κ2) is 10.3. The molecule has 0 unspecified atom stereocenters. The number of nitrogens with one attached hydrogen (secondary N) is 1. The summed E-state index contributed by atoms with van der Waals surface area (Å²) in [6.45, 7) is 1.99. The Balaban J connectivity index is 1.44. The van der Waals surface area contributed by atoms with Gasteiger partial charge in [0.15, 0.2) is 0 Å². The van der Waals surface area contributed by atoms with E-state index in [1.54, 1.807) is 13.4 Å². The summed E-state index contributed by atoms with van der Waals surface area (Å²) in [6, 6.07) is 22.3. The summed E-state index contributed by atoms with van der Waals surface area (Å²) in [5, 5.41) is 3.08. The molecule has 0 radical (unpaired) electrons. The number of amides is 1. The molecule has 0 saturated heterocycles. The molecule has 1 amide bonds. The maximum absolute atomic E-state index is 12.9. The summed E-state index contributed by atoms with van der Waals surface area (Å²) in [5.74, 6) is 1.64. The van der Waals surface area contributed by atoms with Crippen molar-refractivity contribution in [3.63, 3.8) is 0 Å². The highest BCUT2D eigenvalue weighted by Crippen LogP contribution is 2.34. The van der Waals surface area contributed by atoms with Crippen LogP contribution >= 0.6 is 0 Å². The predicted octanol–water partition coefficient (Wildman–Crippen LogP) is 6.38. The van der Waals surface area contributed by atoms with Gasteiger partial charge in [-0.1, -0.05) is 18.6 Å². The van der Waals surface area contributed by atoms with Gasteiger partial charge in [-0.05, 0) is 92.8 Å². The Bertz CT molecular complexity index is 1290. The summed E-state index contributed by atoms with van der Waals surface area (Å²) in [7, 11) is 1.70. The second-order valence-corrected chi connectivity index (χ2v) is 9.33. The van der Waals surface area contributed by atoms with Crippen LogP contribution in [-0.4, -0.2) is 23.6 Å². The van der Waals surface area contributed by atoms with Crippen molar-refractivity contribution < 1.29 is 13.9 Å². The van der Waals surface area contributed by atoms with Gasteiger partial charge in [0.05, 0.1) is 19.1 Å². The van der Waals surface area contributed by atoms with Gasteiger partial charge in [-0.15, -0.1) is 0 Å². The summed E-state index contributed by atoms with van der Waals surface area (Å²) in [5.41, 5.74) is 6.83. The predicted molar refractivity (Wildman–Crippen MR) is 138 cm³/mol. The number of fused-ring (bicyclic) bond motifs is 1. The number of rotatable bonds is 7. The fraction of sp³-hybridized carbons (Fsp3) is 0.300. The molecule has 0 aliphatic heterocycles. The molecule has 5 heteroatoms. The number of methoxy groups -OCH3 is 1. The zero-order valence-corrected chi connectivity index (χ0v) is 20.4. The van der Waals surface area contributed by atoms with Crippen molar-refractivity contribution in [3.05, 3.63) is 95.6 Å². The minimum absolute atomic E-state index is 0.0202. The molecule has 1 atom stereocenters. The number of benzene rings is 2. The van der Waals surface area contributed by atoms with E-state index >= 15 is 0 Å². The zero-order chi connectivity index (χ0) is 24.2. The van der Waals surface area contributed by atoms with E-state index in [0.717, 1.165) is 35.6 Å². The number of hydrogen-bond donors (Lipinski definition) is 1. The fourth-order valence-electron chi connectivity index (χ4n) is 5.02. The second-order valence-electron chi connectivity index (χ2n) is 9.33. The van der Waals surface area contributed by atoms with E-state index in [2.05, 4.69) is 40.2 Å². The molecule has 1 aliphatic rings. The first kappa shape index (κ1) is 23.0. The van der Waals surface area contributed by atoms with Crippen molar-refractivity contribution in [2.75, 3.05) is 7.11 Å². The van der Waals surface area contributed by atoms with Gasteiger partial charge in [0, 0.05) is 35.0 Å². The zero-order valence-electron chi connectivity index (χ0n) is 20.4. The number of aryl methyl sites for hydroxylation is 1. The number of carbonyl (C=O) groups is 1. The highest BCUT2D eigenvalue weighted by Gasteiger charge is 2.20. The largest absolute Gasteiger partial charge is 0.497 e. The van der Waals surface area contributed by atoms with E-state index in [1.165, 1.54) is 36.2 Å². The Morgan fingerprint density at radius 1 is 1.03 bits per heavy atom. The van der Waals surface area contributed by atoms with E-state index in [1.807, 2.05) is 43.3 Å². The van der Waals surface area contributed by atoms with Crippen LogP contribution in [0.4, 0.5) is 0 Å². The average Bonchev–Trinajstić information content (AvgIpc) is 3.45. The Morgan fingerprint density at radius 3 is 2.63 bits per heavy atom. The lowest BCUT2D eigenvalue weighted by Gasteiger charge is -2.16. The SMILES string of the molecule is COc1cccc(-c2cc3c(n2-c2ccc(C(=O)N[C@H](C)Cc4ccco4)cc2)CCCCC3)c1. The molecule has 4 aromatic rings. The highest BCUT2D eigenvalue weighted by atomic mass is 16.5. The number of carbonyl (C=O) groups excluding carboxylic acids is 1. The lowest BCUT2D eigenvalue weighted by atomic mass is 10.1. The first-order valence-electron chi connectivity index (χ1n) is 12.4. The van der Waals surface area contributed by atoms with E-state index < -0.39 is 0 Å². The van der Waals surface area contributed by atoms with Gasteiger partial charge < -0.3 is 19.0 Å². The molecule has 0 bridgehead atoms. The Morgan fingerprint density at radius 2 is 1.86 bits per heavy atom. The molecule has 35 heavy (non-hydrogen) atoms. The smallest absolute Gasteiger partial charge is 0.251 e. The topological polar surface area (TPSA) is 56.4 Å². The van der Waals surface area contributed by atoms with E-state index in [9.17, 15) is 4.79 Å². The van der Waals surface area contributed by atoms with Gasteiger partial charge in [0.2, 0.25) is 0 Å². The Hall–Kier alpha value is -3.73. The van der Waals surface area contributed by atoms with Crippen LogP contribution in [0.5, 0.6) is 5.75 Å². The molecule has 180 valence electrons. The third-order valence-corrected chi connectivity index (χ3v) is 6.77. The maximum atomic E-state index is 12.9. The molecular weight excluding hydrogens is 436 g/mol. The molecule has 0 fully saturated rings. The monoisotopic (exact) mass is 468 g/mol. The van der Waals surface area contributed by atoms with Crippen LogP contribution in [0, 0.1) is 0 Å². The minimum Gasteiger partial charge on any atom is -0.497 e. The third-order valence-electron chi connectivity index (χ3n) is 6.77. The van der Waals surface area contributed by atoms with Gasteiger partial charge in [0.1, 0.15) is 11.5 Å². The molecule has 2 aromatic heterocycles. The van der Waals surface area contributed by atoms with Crippen LogP contribution in [0.2, 0.25) is 0 Å². The average molecular weight is 469 g/mol. The van der Waals surface area contributed by atoms with Gasteiger partial charge in [-0.25, -0.2) is 0 Å². The lowest BCUT2D eigenvalue weighted by Crippen LogP contribution is -2.33. The van der Waals surface area contributed by atoms with Crippen molar-refractivity contribution in [3.8, 4) is 22.7 Å². The molecule has 2 aromatic carbocycles. The number of aromatic nitrogens is 1. The molecular formula is C30H32N2O3. The van der Waals surface area contributed by atoms with Gasteiger partial charge in [-0.2, -0.15) is 0 Å². The van der Waals surface area contributed by atoms with Crippen LogP contribution in [0.25, 0.3) is 16.9 Å². The summed E-state index contributed by atoms with van der Waals surface area (Å²) in [4.78, 5) is 12.9. The van der Waals surface area contributed by atoms with Gasteiger partial charge in [0.25, 0.3) is 5.91 Å². The van der Waals surface area contributed by atoms with Crippen LogP contribution in [0.3, 0.4) is 0 Å². The van der Waals surface area contributed by atoms with Crippen LogP contribution in [-0.2, 0) is 19.3 Å². The first-order valence-corrected chi connectivity index (χ1v) is 12.4. The summed E-state index contributed by atoms with van der Waals surface area (Å²) < 4.78 is 13.3. The van der Waals surface area contributed by atoms with Crippen molar-refractivity contribution in [1.29, 1.82) is 0 Å². The van der Waals surface area contributed by atoms with Crippen LogP contribution < -0.4 is 10.1 Å². The van der Waals surface area contributed by atoms with E-state index in [-0.39, 0.29) is 11.9 Å². The van der Waals surface area contributed by atoms with E-state index in [4.69, 9.17) is 9.15 Å². The van der Waals surface area contributed by atoms with Crippen molar-refractivity contribution in [1.82, 2.24) is 9.88 Å². The molecule has 2 heterocycles. The molecule has 0 saturated carbocycles. The molecule has 5 rings (SSSR count). The molecule has 1 N–H and O–H groups in total. The van der Waals surface area contributed by atoms with Gasteiger partial charge in [-0.3, -0.25) is 4.79 Å². The highest BCUT2D eigenvalue weighted by molar-refractivity contribution is 5.94. The quantitative estimate of drug-likeness (QED) is 0.320. The minimum atomic E-state index is -0.0741. The maximum Gasteiger partial charge on any atom is 0.251 e. The molecule has 0 spiro atoms. The number of furan rings is 1. The Labute approximate surface area is 206 Å². The normalized spacial score (nSPS) is 14.1. The van der Waals surface area contributed by atoms with Crippen LogP contribution in [0.1, 0.15) is 53.6 Å². The first-order chi connectivity index (χ1) is 17.1. The van der Waals surface area contributed by atoms with Crippen molar-refractivity contribution in [2.24, 2.45) is 0 Å². The molecule has 1 aliphatic carbocycles. The summed E-state index contributed by atoms with van der Waals surface area (Å²) >= 11 is 0. The number of ether oxygens (including phenoxy) is 1. The van der Waals surface area contributed by atoms with Crippen LogP contribution in [0.15, 0.2) is 77.4 Å². The van der Waals surface area contributed by atoms with Crippen molar-refractivity contribution >= 4 is 5.91 Å². The fourth-order valence-corrected chi connectivity index (χ4v) is 5.02. The van der Waals surface area contributed by atoms with Crippen molar-refractivity contribution in [2.45, 2.75) is 51.5 Å². The number of hydrogen-bond acceptors (Lipinski definition) is 3. The van der Waals surface area contributed by atoms with E-state index in [0.29, 0.717) is 12.0 Å². The lowest BCUT2D eigenvalue weighted by molar-refractivity contribution is 0.0939. The van der Waals surface area contributed by atoms with Gasteiger partial charge >= 0.3 is 0 Å². The Kier molecular flexibility index (Phi) is 6.75. The standard InChI is InChI=1S/C30H32N2O3/c1-21(18-27-11-7-17-35-27)31-30(33)22-13-15-25(16-14-22)32-28-12-5-3-4-8-24(28)20-29(32)23-9-6-10-26(19-23)34-2/h6-7,9-11,13-17,19-21H,3-5,8,12,18H2,1-2H3,(H,31,33)/t21-/m1/s1. The number of nitrogens with zero attached hydrogens (tertiary/aromatic N) is 1. The molecule has 5 nitrogen and oxygen atoms in total. The summed E-state index contributed by atoms with van der Waals surface area (Å²) in [6.07, 6.45) is 8.17. The third kappa shape index (κ3) is 5.04.